The number of amides is 1. The number of hydrogen-bond donors (Lipinski definition) is 1. The Hall–Kier alpha value is -3.56. The van der Waals surface area contributed by atoms with Crippen molar-refractivity contribution in [2.45, 2.75) is 13.1 Å². The first-order valence-corrected chi connectivity index (χ1v) is 7.61. The molecular formula is C17H13F3N6O. The van der Waals surface area contributed by atoms with Crippen molar-refractivity contribution in [3.05, 3.63) is 59.9 Å². The first kappa shape index (κ1) is 18.2. The summed E-state index contributed by atoms with van der Waals surface area (Å²) in [5.41, 5.74) is 5.66. The highest BCUT2D eigenvalue weighted by Crippen LogP contribution is 2.32. The zero-order chi connectivity index (χ0) is 19.6. The van der Waals surface area contributed by atoms with Crippen molar-refractivity contribution in [3.63, 3.8) is 0 Å². The average molecular weight is 374 g/mol. The second-order valence-electron chi connectivity index (χ2n) is 5.67. The molecule has 0 atom stereocenters. The predicted molar refractivity (Wildman–Crippen MR) is 90.6 cm³/mol. The molecule has 1 amide bonds. The van der Waals surface area contributed by atoms with E-state index >= 15 is 0 Å². The van der Waals surface area contributed by atoms with Crippen LogP contribution in [0.25, 0.3) is 23.2 Å². The molecule has 0 unspecified atom stereocenters. The number of nitrogens with two attached hydrogens (primary N) is 1. The van der Waals surface area contributed by atoms with E-state index in [0.717, 1.165) is 12.1 Å². The summed E-state index contributed by atoms with van der Waals surface area (Å²) in [6, 6.07) is 3.55. The summed E-state index contributed by atoms with van der Waals surface area (Å²) < 4.78 is 40.2. The van der Waals surface area contributed by atoms with E-state index in [1.807, 2.05) is 0 Å². The Morgan fingerprint density at radius 2 is 1.89 bits per heavy atom. The number of carbonyl (C=O) groups excluding carboxylic acids is 1. The van der Waals surface area contributed by atoms with Crippen LogP contribution < -0.4 is 5.73 Å². The lowest BCUT2D eigenvalue weighted by atomic mass is 10.1. The molecule has 10 heteroatoms. The maximum absolute atomic E-state index is 13.0. The van der Waals surface area contributed by atoms with Crippen molar-refractivity contribution >= 4 is 17.7 Å². The summed E-state index contributed by atoms with van der Waals surface area (Å²) in [6.45, 7) is 1.55. The Morgan fingerprint density at radius 1 is 1.19 bits per heavy atom. The fourth-order valence-corrected chi connectivity index (χ4v) is 2.40. The van der Waals surface area contributed by atoms with Crippen molar-refractivity contribution in [2.75, 3.05) is 0 Å². The molecule has 3 aromatic rings. The molecule has 138 valence electrons. The van der Waals surface area contributed by atoms with Crippen LogP contribution in [-0.4, -0.2) is 30.6 Å². The standard InChI is InChI=1S/C17H13F3N6O/c1-10-2-11(4-13(3-10)17(18,19)20)16-24-9-26(25-16)7-14(15(21)27)12-5-22-8-23-6-12/h2-9H,1H3,(H2,21,27). The third kappa shape index (κ3) is 4.17. The topological polar surface area (TPSA) is 99.6 Å². The summed E-state index contributed by atoms with van der Waals surface area (Å²) in [5, 5.41) is 4.11. The van der Waals surface area contributed by atoms with Crippen LogP contribution in [0.2, 0.25) is 0 Å². The highest BCUT2D eigenvalue weighted by atomic mass is 19.4. The van der Waals surface area contributed by atoms with E-state index in [0.29, 0.717) is 11.1 Å². The summed E-state index contributed by atoms with van der Waals surface area (Å²) in [4.78, 5) is 23.3. The molecule has 27 heavy (non-hydrogen) atoms. The molecular weight excluding hydrogens is 361 g/mol. The number of hydrogen-bond acceptors (Lipinski definition) is 5. The number of nitrogens with zero attached hydrogens (tertiary/aromatic N) is 5. The van der Waals surface area contributed by atoms with Gasteiger partial charge in [-0.2, -0.15) is 13.2 Å². The summed E-state index contributed by atoms with van der Waals surface area (Å²) >= 11 is 0. The molecule has 3 rings (SSSR count). The molecule has 0 aliphatic carbocycles. The molecule has 0 aliphatic rings. The minimum Gasteiger partial charge on any atom is -0.366 e. The minimum absolute atomic E-state index is 0.0762. The molecule has 2 aromatic heterocycles. The van der Waals surface area contributed by atoms with E-state index in [1.165, 1.54) is 35.9 Å². The van der Waals surface area contributed by atoms with Crippen molar-refractivity contribution in [1.82, 2.24) is 24.7 Å². The van der Waals surface area contributed by atoms with Crippen LogP contribution >= 0.6 is 0 Å². The largest absolute Gasteiger partial charge is 0.416 e. The first-order valence-electron chi connectivity index (χ1n) is 7.61. The lowest BCUT2D eigenvalue weighted by molar-refractivity contribution is -0.137. The van der Waals surface area contributed by atoms with Gasteiger partial charge in [0.25, 0.3) is 5.91 Å². The van der Waals surface area contributed by atoms with Crippen LogP contribution in [0, 0.1) is 6.92 Å². The number of aryl methyl sites for hydroxylation is 1. The van der Waals surface area contributed by atoms with Crippen molar-refractivity contribution < 1.29 is 18.0 Å². The number of carbonyl (C=O) groups is 1. The maximum atomic E-state index is 13.0. The van der Waals surface area contributed by atoms with Crippen LogP contribution in [0.15, 0.2) is 43.2 Å². The van der Waals surface area contributed by atoms with Gasteiger partial charge in [0.05, 0.1) is 11.1 Å². The third-order valence-electron chi connectivity index (χ3n) is 3.57. The van der Waals surface area contributed by atoms with E-state index in [2.05, 4.69) is 20.1 Å². The van der Waals surface area contributed by atoms with Gasteiger partial charge in [0, 0.05) is 29.7 Å². The molecule has 2 N–H and O–H groups in total. The van der Waals surface area contributed by atoms with Gasteiger partial charge in [-0.15, -0.1) is 5.10 Å². The van der Waals surface area contributed by atoms with Crippen LogP contribution in [0.3, 0.4) is 0 Å². The van der Waals surface area contributed by atoms with Gasteiger partial charge in [-0.25, -0.2) is 19.6 Å². The SMILES string of the molecule is Cc1cc(-c2ncn(C=C(C(N)=O)c3cncnc3)n2)cc(C(F)(F)F)c1. The lowest BCUT2D eigenvalue weighted by Crippen LogP contribution is -2.14. The zero-order valence-corrected chi connectivity index (χ0v) is 14.0. The Bertz CT molecular complexity index is 1010. The van der Waals surface area contributed by atoms with Crippen LogP contribution in [0.4, 0.5) is 13.2 Å². The Kier molecular flexibility index (Phi) is 4.72. The quantitative estimate of drug-likeness (QED) is 0.708. The molecule has 1 aromatic carbocycles. The number of alkyl halides is 3. The van der Waals surface area contributed by atoms with E-state index in [9.17, 15) is 18.0 Å². The van der Waals surface area contributed by atoms with Gasteiger partial charge in [0.1, 0.15) is 12.7 Å². The van der Waals surface area contributed by atoms with Crippen LogP contribution in [-0.2, 0) is 11.0 Å². The van der Waals surface area contributed by atoms with Gasteiger partial charge in [0.15, 0.2) is 5.82 Å². The minimum atomic E-state index is -4.48. The number of rotatable bonds is 4. The zero-order valence-electron chi connectivity index (χ0n) is 14.0. The summed E-state index contributed by atoms with van der Waals surface area (Å²) in [5.74, 6) is -0.662. The number of aromatic nitrogens is 5. The molecule has 0 aliphatic heterocycles. The Morgan fingerprint density at radius 3 is 2.52 bits per heavy atom. The van der Waals surface area contributed by atoms with Crippen molar-refractivity contribution in [2.24, 2.45) is 5.73 Å². The van der Waals surface area contributed by atoms with Crippen molar-refractivity contribution in [3.8, 4) is 11.4 Å². The molecule has 7 nitrogen and oxygen atoms in total. The molecule has 0 spiro atoms. The van der Waals surface area contributed by atoms with Gasteiger partial charge in [-0.05, 0) is 30.7 Å². The van der Waals surface area contributed by atoms with Gasteiger partial charge in [-0.1, -0.05) is 0 Å². The Balaban J connectivity index is 2.00. The Labute approximate surface area is 151 Å². The van der Waals surface area contributed by atoms with Gasteiger partial charge in [0.2, 0.25) is 0 Å². The number of halogens is 3. The number of benzene rings is 1. The fourth-order valence-electron chi connectivity index (χ4n) is 2.40. The molecule has 0 saturated heterocycles. The average Bonchev–Trinajstić information content (AvgIpc) is 3.08. The maximum Gasteiger partial charge on any atom is 0.416 e. The van der Waals surface area contributed by atoms with Gasteiger partial charge >= 0.3 is 6.18 Å². The van der Waals surface area contributed by atoms with Crippen LogP contribution in [0.5, 0.6) is 0 Å². The van der Waals surface area contributed by atoms with Crippen LogP contribution in [0.1, 0.15) is 16.7 Å². The van der Waals surface area contributed by atoms with E-state index in [4.69, 9.17) is 5.73 Å². The highest BCUT2D eigenvalue weighted by Gasteiger charge is 2.31. The van der Waals surface area contributed by atoms with Crippen molar-refractivity contribution in [1.29, 1.82) is 0 Å². The second-order valence-corrected chi connectivity index (χ2v) is 5.67. The highest BCUT2D eigenvalue weighted by molar-refractivity contribution is 6.22. The normalized spacial score (nSPS) is 12.2. The molecule has 0 fully saturated rings. The van der Waals surface area contributed by atoms with Gasteiger partial charge < -0.3 is 5.73 Å². The summed E-state index contributed by atoms with van der Waals surface area (Å²) in [7, 11) is 0. The molecule has 2 heterocycles. The fraction of sp³-hybridized carbons (Fsp3) is 0.118. The van der Waals surface area contributed by atoms with Gasteiger partial charge in [-0.3, -0.25) is 4.79 Å². The van der Waals surface area contributed by atoms with E-state index < -0.39 is 17.6 Å². The predicted octanol–water partition coefficient (Wildman–Crippen LogP) is 2.55. The van der Waals surface area contributed by atoms with E-state index in [-0.39, 0.29) is 17.0 Å². The third-order valence-corrected chi connectivity index (χ3v) is 3.57. The summed E-state index contributed by atoms with van der Waals surface area (Å²) in [6.07, 6.45) is 2.19. The number of primary amides is 1. The first-order chi connectivity index (χ1) is 12.7. The monoisotopic (exact) mass is 374 g/mol. The molecule has 0 bridgehead atoms. The smallest absolute Gasteiger partial charge is 0.366 e. The van der Waals surface area contributed by atoms with E-state index in [1.54, 1.807) is 13.0 Å². The second kappa shape index (κ2) is 6.98. The molecule has 0 saturated carbocycles. The lowest BCUT2D eigenvalue weighted by Gasteiger charge is -2.09. The molecule has 0 radical (unpaired) electrons.